The lowest BCUT2D eigenvalue weighted by atomic mass is 10.1. The average Bonchev–Trinajstić information content (AvgIpc) is 2.82. The highest BCUT2D eigenvalue weighted by molar-refractivity contribution is 5.92. The van der Waals surface area contributed by atoms with Gasteiger partial charge in [-0.05, 0) is 35.7 Å². The highest BCUT2D eigenvalue weighted by atomic mass is 16.4. The van der Waals surface area contributed by atoms with Crippen LogP contribution in [0.4, 0.5) is 0 Å². The largest absolute Gasteiger partial charge is 0.475 e. The van der Waals surface area contributed by atoms with E-state index in [4.69, 9.17) is 15.1 Å². The third-order valence-corrected chi connectivity index (χ3v) is 2.52. The molecule has 2 aromatic rings. The molecule has 6 heteroatoms. The van der Waals surface area contributed by atoms with Crippen LogP contribution >= 0.6 is 0 Å². The molecular formula is C13H11N3O3. The summed E-state index contributed by atoms with van der Waals surface area (Å²) in [5.41, 5.74) is 9.61. The standard InChI is InChI=1S/C13H11N3O3/c14-16-15-6-2-1-3-9-4-5-11-10(7-9)8-12(19-11)13(17)18/h1,3-5,7-8H,2,6H2,(H,17,18). The molecule has 0 aliphatic rings. The molecule has 96 valence electrons. The van der Waals surface area contributed by atoms with Crippen LogP contribution in [0.15, 0.2) is 39.9 Å². The molecule has 1 aromatic carbocycles. The molecule has 0 radical (unpaired) electrons. The summed E-state index contributed by atoms with van der Waals surface area (Å²) in [5, 5.41) is 13.0. The average molecular weight is 257 g/mol. The van der Waals surface area contributed by atoms with E-state index in [0.717, 1.165) is 10.9 Å². The molecule has 0 fully saturated rings. The van der Waals surface area contributed by atoms with Gasteiger partial charge in [-0.3, -0.25) is 0 Å². The highest BCUT2D eigenvalue weighted by Crippen LogP contribution is 2.21. The molecule has 1 heterocycles. The molecule has 6 nitrogen and oxygen atoms in total. The van der Waals surface area contributed by atoms with Gasteiger partial charge in [-0.25, -0.2) is 4.79 Å². The van der Waals surface area contributed by atoms with Crippen LogP contribution in [0.25, 0.3) is 27.5 Å². The molecule has 2 rings (SSSR count). The Morgan fingerprint density at radius 2 is 2.32 bits per heavy atom. The number of azide groups is 1. The van der Waals surface area contributed by atoms with Crippen molar-refractivity contribution in [2.45, 2.75) is 6.42 Å². The molecule has 19 heavy (non-hydrogen) atoms. The Hall–Kier alpha value is -2.72. The van der Waals surface area contributed by atoms with Crippen molar-refractivity contribution in [3.8, 4) is 0 Å². The molecule has 0 aliphatic heterocycles. The summed E-state index contributed by atoms with van der Waals surface area (Å²) in [5.74, 6) is -1.15. The molecule has 0 spiro atoms. The van der Waals surface area contributed by atoms with Gasteiger partial charge in [-0.15, -0.1) is 0 Å². The van der Waals surface area contributed by atoms with E-state index >= 15 is 0 Å². The second-order valence-corrected chi connectivity index (χ2v) is 3.86. The number of carboxylic acids is 1. The van der Waals surface area contributed by atoms with Gasteiger partial charge in [-0.2, -0.15) is 0 Å². The maximum absolute atomic E-state index is 10.8. The molecule has 0 unspecified atom stereocenters. The number of fused-ring (bicyclic) bond motifs is 1. The summed E-state index contributed by atoms with van der Waals surface area (Å²) < 4.78 is 5.16. The second-order valence-electron chi connectivity index (χ2n) is 3.86. The van der Waals surface area contributed by atoms with Crippen LogP contribution in [0.5, 0.6) is 0 Å². The first-order valence-corrected chi connectivity index (χ1v) is 5.65. The third-order valence-electron chi connectivity index (χ3n) is 2.52. The Morgan fingerprint density at radius 1 is 1.47 bits per heavy atom. The summed E-state index contributed by atoms with van der Waals surface area (Å²) >= 11 is 0. The molecule has 0 amide bonds. The molecule has 0 aliphatic carbocycles. The molecule has 1 N–H and O–H groups in total. The molecular weight excluding hydrogens is 246 g/mol. The van der Waals surface area contributed by atoms with E-state index in [0.29, 0.717) is 18.5 Å². The van der Waals surface area contributed by atoms with Crippen molar-refractivity contribution < 1.29 is 14.3 Å². The third kappa shape index (κ3) is 3.14. The van der Waals surface area contributed by atoms with Crippen LogP contribution in [0.3, 0.4) is 0 Å². The van der Waals surface area contributed by atoms with E-state index in [1.165, 1.54) is 6.07 Å². The normalized spacial score (nSPS) is 10.7. The Kier molecular flexibility index (Phi) is 3.85. The number of furan rings is 1. The summed E-state index contributed by atoms with van der Waals surface area (Å²) in [6.45, 7) is 0.421. The molecule has 1 aromatic heterocycles. The first-order chi connectivity index (χ1) is 9.20. The minimum atomic E-state index is -1.08. The quantitative estimate of drug-likeness (QED) is 0.381. The topological polar surface area (TPSA) is 99.2 Å². The minimum Gasteiger partial charge on any atom is -0.475 e. The van der Waals surface area contributed by atoms with E-state index in [2.05, 4.69) is 10.0 Å². The van der Waals surface area contributed by atoms with Gasteiger partial charge in [0.1, 0.15) is 5.58 Å². The fourth-order valence-corrected chi connectivity index (χ4v) is 1.67. The van der Waals surface area contributed by atoms with Gasteiger partial charge in [0.2, 0.25) is 5.76 Å². The van der Waals surface area contributed by atoms with Crippen molar-refractivity contribution in [3.63, 3.8) is 0 Å². The summed E-state index contributed by atoms with van der Waals surface area (Å²) in [4.78, 5) is 13.4. The van der Waals surface area contributed by atoms with Gasteiger partial charge in [-0.1, -0.05) is 23.3 Å². The molecule has 0 atom stereocenters. The zero-order valence-corrected chi connectivity index (χ0v) is 9.98. The molecule has 0 bridgehead atoms. The summed E-state index contributed by atoms with van der Waals surface area (Å²) in [6, 6.07) is 6.90. The highest BCUT2D eigenvalue weighted by Gasteiger charge is 2.09. The molecule has 0 saturated carbocycles. The lowest BCUT2D eigenvalue weighted by molar-refractivity contribution is 0.0665. The SMILES string of the molecule is [N-]=[N+]=NCCC=Cc1ccc2oc(C(=O)O)cc2c1. The Morgan fingerprint density at radius 3 is 3.05 bits per heavy atom. The predicted octanol–water partition coefficient (Wildman–Crippen LogP) is 3.84. The Bertz CT molecular complexity index is 681. The maximum Gasteiger partial charge on any atom is 0.371 e. The zero-order chi connectivity index (χ0) is 13.7. The first-order valence-electron chi connectivity index (χ1n) is 5.65. The van der Waals surface area contributed by atoms with E-state index in [9.17, 15) is 4.79 Å². The van der Waals surface area contributed by atoms with E-state index in [1.54, 1.807) is 6.07 Å². The van der Waals surface area contributed by atoms with Crippen molar-refractivity contribution in [2.75, 3.05) is 6.54 Å². The Balaban J connectivity index is 2.16. The lowest BCUT2D eigenvalue weighted by Crippen LogP contribution is -1.91. The number of benzene rings is 1. The lowest BCUT2D eigenvalue weighted by Gasteiger charge is -1.93. The van der Waals surface area contributed by atoms with Crippen LogP contribution in [0.2, 0.25) is 0 Å². The van der Waals surface area contributed by atoms with Crippen molar-refractivity contribution in [1.82, 2.24) is 0 Å². The van der Waals surface area contributed by atoms with Gasteiger partial charge in [0, 0.05) is 16.8 Å². The summed E-state index contributed by atoms with van der Waals surface area (Å²) in [6.07, 6.45) is 4.45. The molecule has 0 saturated heterocycles. The second kappa shape index (κ2) is 5.75. The van der Waals surface area contributed by atoms with E-state index < -0.39 is 5.97 Å². The van der Waals surface area contributed by atoms with Crippen LogP contribution in [0, 0.1) is 0 Å². The predicted molar refractivity (Wildman–Crippen MR) is 70.8 cm³/mol. The fourth-order valence-electron chi connectivity index (χ4n) is 1.67. The number of hydrogen-bond acceptors (Lipinski definition) is 3. The number of hydrogen-bond donors (Lipinski definition) is 1. The van der Waals surface area contributed by atoms with Crippen LogP contribution < -0.4 is 0 Å². The van der Waals surface area contributed by atoms with Gasteiger partial charge in [0.25, 0.3) is 0 Å². The Labute approximate surface area is 108 Å². The monoisotopic (exact) mass is 257 g/mol. The van der Waals surface area contributed by atoms with Crippen LogP contribution in [0.1, 0.15) is 22.5 Å². The maximum atomic E-state index is 10.8. The minimum absolute atomic E-state index is 0.0699. The first kappa shape index (κ1) is 12.7. The van der Waals surface area contributed by atoms with E-state index in [1.807, 2.05) is 24.3 Å². The van der Waals surface area contributed by atoms with Gasteiger partial charge in [0.05, 0.1) is 0 Å². The number of aromatic carboxylic acids is 1. The van der Waals surface area contributed by atoms with E-state index in [-0.39, 0.29) is 5.76 Å². The van der Waals surface area contributed by atoms with Gasteiger partial charge in [0.15, 0.2) is 0 Å². The van der Waals surface area contributed by atoms with Crippen molar-refractivity contribution >= 4 is 23.0 Å². The van der Waals surface area contributed by atoms with Crippen molar-refractivity contribution in [2.24, 2.45) is 5.11 Å². The van der Waals surface area contributed by atoms with Crippen LogP contribution in [-0.4, -0.2) is 17.6 Å². The fraction of sp³-hybridized carbons (Fsp3) is 0.154. The number of carboxylic acid groups (broad SMARTS) is 1. The van der Waals surface area contributed by atoms with Gasteiger partial charge >= 0.3 is 5.97 Å². The number of carbonyl (C=O) groups is 1. The van der Waals surface area contributed by atoms with Crippen molar-refractivity contribution in [3.05, 3.63) is 52.1 Å². The van der Waals surface area contributed by atoms with Crippen LogP contribution in [-0.2, 0) is 0 Å². The summed E-state index contributed by atoms with van der Waals surface area (Å²) in [7, 11) is 0. The van der Waals surface area contributed by atoms with Gasteiger partial charge < -0.3 is 9.52 Å². The van der Waals surface area contributed by atoms with Crippen molar-refractivity contribution in [1.29, 1.82) is 0 Å². The number of nitrogens with zero attached hydrogens (tertiary/aromatic N) is 3. The smallest absolute Gasteiger partial charge is 0.371 e. The zero-order valence-electron chi connectivity index (χ0n) is 9.98. The number of rotatable bonds is 5.